The maximum Gasteiger partial charge on any atom is 0.161 e. The highest BCUT2D eigenvalue weighted by atomic mass is 35.5. The van der Waals surface area contributed by atoms with Gasteiger partial charge in [-0.15, -0.1) is 0 Å². The van der Waals surface area contributed by atoms with Gasteiger partial charge in [0.05, 0.1) is 12.7 Å². The van der Waals surface area contributed by atoms with Crippen molar-refractivity contribution in [1.82, 2.24) is 5.32 Å². The lowest BCUT2D eigenvalue weighted by Gasteiger charge is -2.14. The summed E-state index contributed by atoms with van der Waals surface area (Å²) in [6, 6.07) is 14.3. The van der Waals surface area contributed by atoms with Gasteiger partial charge in [-0.05, 0) is 44.0 Å². The molecule has 0 aliphatic rings. The van der Waals surface area contributed by atoms with Crippen LogP contribution < -0.4 is 27.2 Å². The van der Waals surface area contributed by atoms with E-state index in [0.29, 0.717) is 26.3 Å². The molecule has 0 amide bonds. The molecule has 0 heterocycles. The molecule has 0 radical (unpaired) electrons. The Kier molecular flexibility index (Phi) is 9.35. The molecule has 2 aromatic carbocycles. The van der Waals surface area contributed by atoms with Crippen LogP contribution in [-0.4, -0.2) is 24.4 Å². The summed E-state index contributed by atoms with van der Waals surface area (Å²) in [6.45, 7) is 8.15. The molecule has 25 heavy (non-hydrogen) atoms. The van der Waals surface area contributed by atoms with E-state index < -0.39 is 0 Å². The highest BCUT2D eigenvalue weighted by Crippen LogP contribution is 2.29. The van der Waals surface area contributed by atoms with E-state index in [1.807, 2.05) is 25.1 Å². The second-order valence-corrected chi connectivity index (χ2v) is 5.97. The number of hydrogen-bond acceptors (Lipinski definition) is 4. The molecule has 2 rings (SSSR count). The predicted molar refractivity (Wildman–Crippen MR) is 96.5 cm³/mol. The van der Waals surface area contributed by atoms with Crippen molar-refractivity contribution in [2.45, 2.75) is 40.0 Å². The molecular weight excluding hydrogens is 338 g/mol. The third-order valence-electron chi connectivity index (χ3n) is 3.59. The maximum absolute atomic E-state index is 9.30. The third-order valence-corrected chi connectivity index (χ3v) is 3.59. The zero-order valence-electron chi connectivity index (χ0n) is 15.1. The van der Waals surface area contributed by atoms with Gasteiger partial charge in [0.25, 0.3) is 0 Å². The van der Waals surface area contributed by atoms with Gasteiger partial charge >= 0.3 is 0 Å². The Bertz CT molecular complexity index is 629. The number of benzene rings is 2. The van der Waals surface area contributed by atoms with Crippen molar-refractivity contribution in [1.29, 1.82) is 0 Å². The van der Waals surface area contributed by atoms with Crippen LogP contribution in [0.1, 0.15) is 30.5 Å². The molecule has 0 bridgehead atoms. The van der Waals surface area contributed by atoms with E-state index in [9.17, 15) is 5.11 Å². The molecule has 0 fully saturated rings. The van der Waals surface area contributed by atoms with E-state index in [-0.39, 0.29) is 18.5 Å². The van der Waals surface area contributed by atoms with Crippen LogP contribution in [0.15, 0.2) is 42.5 Å². The lowest BCUT2D eigenvalue weighted by Crippen LogP contribution is -3.00. The maximum atomic E-state index is 9.30. The van der Waals surface area contributed by atoms with Crippen molar-refractivity contribution < 1.29 is 27.0 Å². The van der Waals surface area contributed by atoms with Gasteiger partial charge in [-0.25, -0.2) is 0 Å². The summed E-state index contributed by atoms with van der Waals surface area (Å²) < 4.78 is 11.6. The van der Waals surface area contributed by atoms with Gasteiger partial charge in [-0.1, -0.05) is 35.9 Å². The van der Waals surface area contributed by atoms with Gasteiger partial charge in [-0.2, -0.15) is 0 Å². The Hall–Kier alpha value is -1.75. The molecule has 2 aromatic rings. The van der Waals surface area contributed by atoms with E-state index in [1.165, 1.54) is 5.56 Å². The molecule has 4 nitrogen and oxygen atoms in total. The Balaban J connectivity index is 0.00000312. The minimum Gasteiger partial charge on any atom is -1.00 e. The zero-order valence-corrected chi connectivity index (χ0v) is 15.8. The highest BCUT2D eigenvalue weighted by molar-refractivity contribution is 5.43. The van der Waals surface area contributed by atoms with Crippen LogP contribution in [0.25, 0.3) is 0 Å². The summed E-state index contributed by atoms with van der Waals surface area (Å²) in [7, 11) is 0. The van der Waals surface area contributed by atoms with Crippen molar-refractivity contribution in [3.63, 3.8) is 0 Å². The molecule has 0 aliphatic heterocycles. The highest BCUT2D eigenvalue weighted by Gasteiger charge is 2.07. The number of rotatable bonds is 9. The topological polar surface area (TPSA) is 50.7 Å². The first kappa shape index (κ1) is 21.3. The Morgan fingerprint density at radius 3 is 2.32 bits per heavy atom. The first-order valence-corrected chi connectivity index (χ1v) is 8.41. The van der Waals surface area contributed by atoms with E-state index in [2.05, 4.69) is 36.5 Å². The van der Waals surface area contributed by atoms with Gasteiger partial charge in [-0.3, -0.25) is 0 Å². The summed E-state index contributed by atoms with van der Waals surface area (Å²) in [4.78, 5) is 0. The number of aryl methyl sites for hydroxylation is 1. The third kappa shape index (κ3) is 7.34. The van der Waals surface area contributed by atoms with E-state index in [4.69, 9.17) is 9.47 Å². The van der Waals surface area contributed by atoms with Crippen LogP contribution in [-0.2, 0) is 13.2 Å². The second kappa shape index (κ2) is 11.0. The quantitative estimate of drug-likeness (QED) is 0.678. The Morgan fingerprint density at radius 2 is 1.68 bits per heavy atom. The van der Waals surface area contributed by atoms with Crippen molar-refractivity contribution in [2.24, 2.45) is 0 Å². The van der Waals surface area contributed by atoms with Crippen molar-refractivity contribution >= 4 is 0 Å². The van der Waals surface area contributed by atoms with Gasteiger partial charge in [0.1, 0.15) is 6.61 Å². The Morgan fingerprint density at radius 1 is 1.00 bits per heavy atom. The summed E-state index contributed by atoms with van der Waals surface area (Å²) in [5.41, 5.74) is 3.47. The van der Waals surface area contributed by atoms with Crippen LogP contribution in [0.5, 0.6) is 11.5 Å². The van der Waals surface area contributed by atoms with Gasteiger partial charge in [0, 0.05) is 13.1 Å². The van der Waals surface area contributed by atoms with Gasteiger partial charge in [0.2, 0.25) is 0 Å². The molecule has 0 saturated heterocycles. The Labute approximate surface area is 156 Å². The molecule has 0 saturated carbocycles. The van der Waals surface area contributed by atoms with Crippen molar-refractivity contribution in [3.05, 3.63) is 59.2 Å². The van der Waals surface area contributed by atoms with Crippen LogP contribution in [0, 0.1) is 6.92 Å². The molecule has 1 unspecified atom stereocenters. The molecule has 2 N–H and O–H groups in total. The average Bonchev–Trinajstić information content (AvgIpc) is 2.55. The summed E-state index contributed by atoms with van der Waals surface area (Å²) in [5.74, 6) is 1.50. The largest absolute Gasteiger partial charge is 1.00 e. The first-order chi connectivity index (χ1) is 11.6. The minimum atomic E-state index is -0.353. The second-order valence-electron chi connectivity index (χ2n) is 5.97. The summed E-state index contributed by atoms with van der Waals surface area (Å²) >= 11 is 0. The van der Waals surface area contributed by atoms with Crippen LogP contribution in [0.4, 0.5) is 0 Å². The van der Waals surface area contributed by atoms with Crippen LogP contribution in [0.3, 0.4) is 0 Å². The predicted octanol–water partition coefficient (Wildman–Crippen LogP) is 0.447. The summed E-state index contributed by atoms with van der Waals surface area (Å²) in [5, 5.41) is 12.5. The van der Waals surface area contributed by atoms with Gasteiger partial charge < -0.3 is 32.3 Å². The molecule has 1 atom stereocenters. The first-order valence-electron chi connectivity index (χ1n) is 8.41. The number of hydrogen-bond donors (Lipinski definition) is 2. The number of aliphatic hydroxyl groups is 1. The molecule has 0 aliphatic carbocycles. The molecule has 5 heteroatoms. The van der Waals surface area contributed by atoms with E-state index in [1.54, 1.807) is 6.92 Å². The number of aliphatic hydroxyl groups excluding tert-OH is 1. The minimum absolute atomic E-state index is 0. The normalized spacial score (nSPS) is 11.5. The fourth-order valence-electron chi connectivity index (χ4n) is 2.32. The number of nitrogens with one attached hydrogen (secondary N) is 1. The SMILES string of the molecule is CCOc1cc(CNCC(C)O)ccc1OCc1ccc(C)cc1.[Cl-]. The number of halogens is 1. The van der Waals surface area contributed by atoms with Crippen LogP contribution >= 0.6 is 0 Å². The molecule has 138 valence electrons. The molecule has 0 spiro atoms. The lowest BCUT2D eigenvalue weighted by atomic mass is 10.1. The van der Waals surface area contributed by atoms with Crippen molar-refractivity contribution in [3.8, 4) is 11.5 Å². The van der Waals surface area contributed by atoms with Crippen LogP contribution in [0.2, 0.25) is 0 Å². The lowest BCUT2D eigenvalue weighted by molar-refractivity contribution is -0.00000806. The fourth-order valence-corrected chi connectivity index (χ4v) is 2.32. The molecular formula is C20H27ClNO3-. The fraction of sp³-hybridized carbons (Fsp3) is 0.400. The summed E-state index contributed by atoms with van der Waals surface area (Å²) in [6.07, 6.45) is -0.353. The molecule has 0 aromatic heterocycles. The average molecular weight is 365 g/mol. The van der Waals surface area contributed by atoms with Gasteiger partial charge in [0.15, 0.2) is 11.5 Å². The number of ether oxygens (including phenoxy) is 2. The van der Waals surface area contributed by atoms with E-state index in [0.717, 1.165) is 22.6 Å². The zero-order chi connectivity index (χ0) is 17.4. The smallest absolute Gasteiger partial charge is 0.161 e. The van der Waals surface area contributed by atoms with E-state index >= 15 is 0 Å². The standard InChI is InChI=1S/C20H27NO3.ClH/c1-4-23-20-11-18(13-21-12-16(3)22)9-10-19(20)24-14-17-7-5-15(2)6-8-17;/h5-11,16,21-22H,4,12-14H2,1-3H3;1H/p-1. The monoisotopic (exact) mass is 364 g/mol. The van der Waals surface area contributed by atoms with Crippen molar-refractivity contribution in [2.75, 3.05) is 13.2 Å².